The molecule has 2 atom stereocenters. The van der Waals surface area contributed by atoms with Crippen LogP contribution in [0, 0.1) is 5.92 Å². The van der Waals surface area contributed by atoms with Crippen molar-refractivity contribution in [1.29, 1.82) is 0 Å². The van der Waals surface area contributed by atoms with Crippen LogP contribution in [-0.2, 0) is 4.74 Å². The van der Waals surface area contributed by atoms with Gasteiger partial charge in [0, 0.05) is 27.7 Å². The summed E-state index contributed by atoms with van der Waals surface area (Å²) in [6, 6.07) is -0.0649. The molecule has 0 bridgehead atoms. The summed E-state index contributed by atoms with van der Waals surface area (Å²) in [5, 5.41) is 0. The van der Waals surface area contributed by atoms with Gasteiger partial charge in [-0.3, -0.25) is 9.80 Å². The topological polar surface area (TPSA) is 56.3 Å². The Hall–Kier alpha value is -1.50. The number of carbonyl (C=O) groups excluding carboxylic acids is 2. The van der Waals surface area contributed by atoms with Gasteiger partial charge >= 0.3 is 12.1 Å². The molecule has 3 amide bonds. The third-order valence-electron chi connectivity index (χ3n) is 3.81. The van der Waals surface area contributed by atoms with Crippen LogP contribution in [0.3, 0.4) is 0 Å². The van der Waals surface area contributed by atoms with E-state index in [0.717, 1.165) is 12.8 Å². The predicted octanol–water partition coefficient (Wildman–Crippen LogP) is 1.36. The van der Waals surface area contributed by atoms with Crippen LogP contribution >= 0.6 is 0 Å². The van der Waals surface area contributed by atoms with E-state index in [4.69, 9.17) is 4.74 Å². The van der Waals surface area contributed by atoms with Crippen LogP contribution in [0.1, 0.15) is 19.8 Å². The molecule has 1 rings (SSSR count). The minimum absolute atomic E-state index is 0.0189. The van der Waals surface area contributed by atoms with Crippen LogP contribution in [0.4, 0.5) is 9.59 Å². The van der Waals surface area contributed by atoms with Crippen molar-refractivity contribution in [2.75, 3.05) is 55.1 Å². The van der Waals surface area contributed by atoms with Crippen molar-refractivity contribution in [1.82, 2.24) is 19.6 Å². The molecule has 0 saturated carbocycles. The molecule has 1 aliphatic heterocycles. The number of likely N-dealkylation sites (tertiary alicyclic amines) is 1. The Morgan fingerprint density at radius 1 is 1.18 bits per heavy atom. The number of hydrogen-bond donors (Lipinski definition) is 0. The number of ether oxygens (including phenoxy) is 1. The van der Waals surface area contributed by atoms with E-state index in [1.165, 1.54) is 4.90 Å². The van der Waals surface area contributed by atoms with Crippen LogP contribution in [0.5, 0.6) is 0 Å². The van der Waals surface area contributed by atoms with Crippen molar-refractivity contribution in [3.8, 4) is 0 Å². The summed E-state index contributed by atoms with van der Waals surface area (Å²) in [6.07, 6.45) is 1.50. The number of urea groups is 1. The lowest BCUT2D eigenvalue weighted by atomic mass is 9.93. The normalized spacial score (nSPS) is 21.7. The quantitative estimate of drug-likeness (QED) is 0.735. The third kappa shape index (κ3) is 5.36. The summed E-state index contributed by atoms with van der Waals surface area (Å²) in [4.78, 5) is 31.0. The smallest absolute Gasteiger partial charge is 0.410 e. The first-order valence-corrected chi connectivity index (χ1v) is 7.73. The lowest BCUT2D eigenvalue weighted by molar-refractivity contribution is 0.0451. The van der Waals surface area contributed by atoms with Gasteiger partial charge < -0.3 is 14.5 Å². The zero-order valence-electron chi connectivity index (χ0n) is 14.7. The molecule has 0 aromatic heterocycles. The lowest BCUT2D eigenvalue weighted by Gasteiger charge is -2.39. The number of carbonyl (C=O) groups is 2. The van der Waals surface area contributed by atoms with E-state index in [-0.39, 0.29) is 24.8 Å². The Kier molecular flexibility index (Phi) is 6.93. The monoisotopic (exact) mass is 314 g/mol. The van der Waals surface area contributed by atoms with Crippen LogP contribution in [0.25, 0.3) is 0 Å². The molecule has 1 fully saturated rings. The van der Waals surface area contributed by atoms with Crippen molar-refractivity contribution in [3.05, 3.63) is 0 Å². The Morgan fingerprint density at radius 3 is 2.36 bits per heavy atom. The van der Waals surface area contributed by atoms with Crippen molar-refractivity contribution in [3.63, 3.8) is 0 Å². The highest BCUT2D eigenvalue weighted by molar-refractivity contribution is 5.74. The molecule has 0 spiro atoms. The average molecular weight is 314 g/mol. The SMILES string of the molecule is CC1CCN(C(=O)N(C)C)C(COC(=O)N(C)CN(C)C)C1. The molecular formula is C15H30N4O3. The molecule has 128 valence electrons. The molecule has 7 heteroatoms. The highest BCUT2D eigenvalue weighted by atomic mass is 16.6. The number of rotatable bonds is 4. The van der Waals surface area contributed by atoms with Gasteiger partial charge in [-0.15, -0.1) is 0 Å². The van der Waals surface area contributed by atoms with Gasteiger partial charge in [0.15, 0.2) is 0 Å². The fourth-order valence-corrected chi connectivity index (χ4v) is 2.68. The van der Waals surface area contributed by atoms with E-state index in [1.807, 2.05) is 23.9 Å². The molecule has 0 aromatic rings. The van der Waals surface area contributed by atoms with Crippen LogP contribution in [0.15, 0.2) is 0 Å². The number of hydrogen-bond acceptors (Lipinski definition) is 4. The first kappa shape index (κ1) is 18.5. The first-order valence-electron chi connectivity index (χ1n) is 7.73. The third-order valence-corrected chi connectivity index (χ3v) is 3.81. The van der Waals surface area contributed by atoms with E-state index in [9.17, 15) is 9.59 Å². The van der Waals surface area contributed by atoms with Gasteiger partial charge in [-0.2, -0.15) is 0 Å². The highest BCUT2D eigenvalue weighted by Gasteiger charge is 2.31. The Bertz CT molecular complexity index is 387. The second-order valence-electron chi connectivity index (χ2n) is 6.65. The van der Waals surface area contributed by atoms with Crippen molar-refractivity contribution < 1.29 is 14.3 Å². The summed E-state index contributed by atoms with van der Waals surface area (Å²) in [5.41, 5.74) is 0. The van der Waals surface area contributed by atoms with E-state index in [1.54, 1.807) is 26.0 Å². The summed E-state index contributed by atoms with van der Waals surface area (Å²) < 4.78 is 5.40. The van der Waals surface area contributed by atoms with Gasteiger partial charge in [0.1, 0.15) is 6.61 Å². The zero-order valence-corrected chi connectivity index (χ0v) is 14.7. The van der Waals surface area contributed by atoms with Crippen molar-refractivity contribution in [2.45, 2.75) is 25.8 Å². The molecule has 0 radical (unpaired) electrons. The second-order valence-corrected chi connectivity index (χ2v) is 6.65. The van der Waals surface area contributed by atoms with Crippen LogP contribution in [-0.4, -0.2) is 92.8 Å². The van der Waals surface area contributed by atoms with E-state index < -0.39 is 0 Å². The second kappa shape index (κ2) is 8.22. The molecule has 22 heavy (non-hydrogen) atoms. The van der Waals surface area contributed by atoms with Gasteiger partial charge in [0.25, 0.3) is 0 Å². The Morgan fingerprint density at radius 2 is 1.82 bits per heavy atom. The van der Waals surface area contributed by atoms with Crippen molar-refractivity contribution >= 4 is 12.1 Å². The highest BCUT2D eigenvalue weighted by Crippen LogP contribution is 2.23. The fraction of sp³-hybridized carbons (Fsp3) is 0.867. The number of nitrogens with zero attached hydrogens (tertiary/aromatic N) is 4. The molecule has 1 heterocycles. The number of amides is 3. The van der Waals surface area contributed by atoms with Gasteiger partial charge in [-0.25, -0.2) is 9.59 Å². The minimum atomic E-state index is -0.357. The summed E-state index contributed by atoms with van der Waals surface area (Å²) >= 11 is 0. The van der Waals surface area contributed by atoms with Crippen molar-refractivity contribution in [2.24, 2.45) is 5.92 Å². The van der Waals surface area contributed by atoms with Crippen LogP contribution in [0.2, 0.25) is 0 Å². The number of piperidine rings is 1. The summed E-state index contributed by atoms with van der Waals surface area (Å²) in [6.45, 7) is 3.64. The van der Waals surface area contributed by atoms with Crippen LogP contribution < -0.4 is 0 Å². The van der Waals surface area contributed by atoms with Gasteiger partial charge in [-0.1, -0.05) is 6.92 Å². The molecule has 0 aliphatic carbocycles. The molecule has 0 N–H and O–H groups in total. The van der Waals surface area contributed by atoms with Gasteiger partial charge in [0.05, 0.1) is 12.7 Å². The minimum Gasteiger partial charge on any atom is -0.447 e. The molecule has 2 unspecified atom stereocenters. The predicted molar refractivity (Wildman–Crippen MR) is 85.6 cm³/mol. The molecule has 1 saturated heterocycles. The van der Waals surface area contributed by atoms with Gasteiger partial charge in [-0.05, 0) is 32.9 Å². The van der Waals surface area contributed by atoms with E-state index in [2.05, 4.69) is 6.92 Å². The maximum atomic E-state index is 12.2. The fourth-order valence-electron chi connectivity index (χ4n) is 2.68. The Labute approximate surface area is 133 Å². The molecule has 0 aromatic carbocycles. The summed E-state index contributed by atoms with van der Waals surface area (Å²) in [7, 11) is 8.98. The lowest BCUT2D eigenvalue weighted by Crippen LogP contribution is -2.52. The standard InChI is InChI=1S/C15H30N4O3/c1-12-7-8-19(14(20)17(4)5)13(9-12)10-22-15(21)18(6)11-16(2)3/h12-13H,7-11H2,1-6H3. The van der Waals surface area contributed by atoms with Gasteiger partial charge in [0.2, 0.25) is 0 Å². The zero-order chi connectivity index (χ0) is 16.9. The largest absolute Gasteiger partial charge is 0.447 e. The molecule has 7 nitrogen and oxygen atoms in total. The Balaban J connectivity index is 2.59. The molecular weight excluding hydrogens is 284 g/mol. The summed E-state index contributed by atoms with van der Waals surface area (Å²) in [5.74, 6) is 0.536. The average Bonchev–Trinajstić information content (AvgIpc) is 2.43. The maximum Gasteiger partial charge on any atom is 0.410 e. The molecule has 1 aliphatic rings. The first-order chi connectivity index (χ1) is 10.2. The van der Waals surface area contributed by atoms with E-state index >= 15 is 0 Å². The maximum absolute atomic E-state index is 12.2. The van der Waals surface area contributed by atoms with E-state index in [0.29, 0.717) is 19.1 Å².